The lowest BCUT2D eigenvalue weighted by Gasteiger charge is -1.90. The number of hydrogen-bond donors (Lipinski definition) is 0. The monoisotopic (exact) mass is 202 g/mol. The van der Waals surface area contributed by atoms with Crippen LogP contribution in [0.4, 0.5) is 4.39 Å². The highest BCUT2D eigenvalue weighted by Gasteiger charge is 2.05. The molecule has 4 heteroatoms. The number of nitrogens with zero attached hydrogens (tertiary/aromatic N) is 2. The van der Waals surface area contributed by atoms with Gasteiger partial charge in [-0.2, -0.15) is 0 Å². The van der Waals surface area contributed by atoms with E-state index in [0.29, 0.717) is 5.65 Å². The third-order valence-corrected chi connectivity index (χ3v) is 2.23. The van der Waals surface area contributed by atoms with Crippen LogP contribution in [0.15, 0.2) is 47.5 Å². The molecule has 3 nitrogen and oxygen atoms in total. The van der Waals surface area contributed by atoms with Gasteiger partial charge in [0.1, 0.15) is 11.5 Å². The summed E-state index contributed by atoms with van der Waals surface area (Å²) in [4.78, 5) is 4.33. The maximum atomic E-state index is 12.9. The number of pyridine rings is 1. The topological polar surface area (TPSA) is 30.4 Å². The Labute approximate surface area is 84.8 Å². The van der Waals surface area contributed by atoms with Crippen molar-refractivity contribution in [1.82, 2.24) is 9.38 Å². The molecule has 0 radical (unpaired) electrons. The zero-order chi connectivity index (χ0) is 10.3. The number of rotatable bonds is 1. The van der Waals surface area contributed by atoms with E-state index in [-0.39, 0.29) is 5.82 Å². The minimum absolute atomic E-state index is 0.279. The molecule has 3 rings (SSSR count). The predicted octanol–water partition coefficient (Wildman–Crippen LogP) is 2.73. The van der Waals surface area contributed by atoms with Gasteiger partial charge in [0.2, 0.25) is 0 Å². The van der Waals surface area contributed by atoms with Crippen molar-refractivity contribution in [2.24, 2.45) is 0 Å². The lowest BCUT2D eigenvalue weighted by atomic mass is 10.3. The first-order valence-corrected chi connectivity index (χ1v) is 4.50. The van der Waals surface area contributed by atoms with E-state index in [1.807, 2.05) is 6.07 Å². The summed E-state index contributed by atoms with van der Waals surface area (Å²) in [7, 11) is 0. The summed E-state index contributed by atoms with van der Waals surface area (Å²) >= 11 is 0. The normalized spacial score (nSPS) is 11.0. The summed E-state index contributed by atoms with van der Waals surface area (Å²) in [6, 6.07) is 4.85. The van der Waals surface area contributed by atoms with Crippen molar-refractivity contribution in [2.45, 2.75) is 0 Å². The van der Waals surface area contributed by atoms with E-state index >= 15 is 0 Å². The molecule has 0 atom stereocenters. The number of furan rings is 1. The molecule has 0 aromatic carbocycles. The van der Waals surface area contributed by atoms with Crippen molar-refractivity contribution in [3.05, 3.63) is 48.9 Å². The van der Waals surface area contributed by atoms with Crippen molar-refractivity contribution < 1.29 is 8.81 Å². The zero-order valence-corrected chi connectivity index (χ0v) is 7.72. The van der Waals surface area contributed by atoms with Gasteiger partial charge in [-0.25, -0.2) is 9.37 Å². The van der Waals surface area contributed by atoms with E-state index in [2.05, 4.69) is 4.98 Å². The van der Waals surface area contributed by atoms with Gasteiger partial charge in [-0.05, 0) is 18.2 Å². The van der Waals surface area contributed by atoms with Crippen molar-refractivity contribution >= 4 is 5.65 Å². The van der Waals surface area contributed by atoms with Crippen LogP contribution in [0, 0.1) is 5.82 Å². The average Bonchev–Trinajstić information content (AvgIpc) is 2.84. The molecule has 74 valence electrons. The summed E-state index contributed by atoms with van der Waals surface area (Å²) in [5, 5.41) is 0. The smallest absolute Gasteiger partial charge is 0.139 e. The molecule has 0 amide bonds. The van der Waals surface area contributed by atoms with E-state index < -0.39 is 0 Å². The fourth-order valence-corrected chi connectivity index (χ4v) is 1.51. The molecule has 15 heavy (non-hydrogen) atoms. The van der Waals surface area contributed by atoms with E-state index in [4.69, 9.17) is 4.42 Å². The van der Waals surface area contributed by atoms with Crippen molar-refractivity contribution in [1.29, 1.82) is 0 Å². The molecule has 3 aromatic rings. The van der Waals surface area contributed by atoms with Crippen LogP contribution in [0.25, 0.3) is 16.9 Å². The number of hydrogen-bond acceptors (Lipinski definition) is 2. The summed E-state index contributed by atoms with van der Waals surface area (Å²) in [6.07, 6.45) is 6.35. The van der Waals surface area contributed by atoms with Gasteiger partial charge in [-0.1, -0.05) is 0 Å². The predicted molar refractivity (Wildman–Crippen MR) is 52.9 cm³/mol. The van der Waals surface area contributed by atoms with Gasteiger partial charge in [0, 0.05) is 18.0 Å². The second kappa shape index (κ2) is 2.95. The standard InChI is InChI=1S/C11H7FN2O/c12-9-1-2-11-13-10(6-14(11)5-9)8-3-4-15-7-8/h1-7H. The maximum absolute atomic E-state index is 12.9. The second-order valence-electron chi connectivity index (χ2n) is 3.25. The van der Waals surface area contributed by atoms with Crippen molar-refractivity contribution in [2.75, 3.05) is 0 Å². The van der Waals surface area contributed by atoms with Gasteiger partial charge >= 0.3 is 0 Å². The Hall–Kier alpha value is -2.10. The van der Waals surface area contributed by atoms with E-state index in [1.165, 1.54) is 12.3 Å². The molecule has 0 unspecified atom stereocenters. The van der Waals surface area contributed by atoms with Gasteiger partial charge in [0.25, 0.3) is 0 Å². The highest BCUT2D eigenvalue weighted by molar-refractivity contribution is 5.61. The largest absolute Gasteiger partial charge is 0.472 e. The minimum atomic E-state index is -0.279. The Morgan fingerprint density at radius 3 is 2.93 bits per heavy atom. The van der Waals surface area contributed by atoms with Gasteiger partial charge in [0.15, 0.2) is 0 Å². The lowest BCUT2D eigenvalue weighted by Crippen LogP contribution is -1.83. The number of imidazole rings is 1. The molecular formula is C11H7FN2O. The molecule has 0 spiro atoms. The Morgan fingerprint density at radius 2 is 2.13 bits per heavy atom. The van der Waals surface area contributed by atoms with Crippen LogP contribution in [0.1, 0.15) is 0 Å². The number of aromatic nitrogens is 2. The van der Waals surface area contributed by atoms with Gasteiger partial charge in [-0.15, -0.1) is 0 Å². The van der Waals surface area contributed by atoms with Crippen molar-refractivity contribution in [3.8, 4) is 11.3 Å². The van der Waals surface area contributed by atoms with Gasteiger partial charge in [0.05, 0.1) is 18.2 Å². The Morgan fingerprint density at radius 1 is 1.20 bits per heavy atom. The number of halogens is 1. The van der Waals surface area contributed by atoms with Crippen LogP contribution < -0.4 is 0 Å². The first-order valence-electron chi connectivity index (χ1n) is 4.50. The maximum Gasteiger partial charge on any atom is 0.139 e. The molecular weight excluding hydrogens is 195 g/mol. The van der Waals surface area contributed by atoms with E-state index in [1.54, 1.807) is 29.2 Å². The molecule has 0 bridgehead atoms. The van der Waals surface area contributed by atoms with E-state index in [9.17, 15) is 4.39 Å². The second-order valence-corrected chi connectivity index (χ2v) is 3.25. The molecule has 0 aliphatic carbocycles. The highest BCUT2D eigenvalue weighted by Crippen LogP contribution is 2.19. The highest BCUT2D eigenvalue weighted by atomic mass is 19.1. The molecule has 0 saturated carbocycles. The molecule has 3 heterocycles. The van der Waals surface area contributed by atoms with Crippen LogP contribution in [0.5, 0.6) is 0 Å². The number of fused-ring (bicyclic) bond motifs is 1. The minimum Gasteiger partial charge on any atom is -0.472 e. The lowest BCUT2D eigenvalue weighted by molar-refractivity contribution is 0.568. The molecule has 3 aromatic heterocycles. The average molecular weight is 202 g/mol. The Bertz CT molecular complexity index is 598. The third-order valence-electron chi connectivity index (χ3n) is 2.23. The summed E-state index contributed by atoms with van der Waals surface area (Å²) < 4.78 is 19.5. The summed E-state index contributed by atoms with van der Waals surface area (Å²) in [5.74, 6) is -0.279. The van der Waals surface area contributed by atoms with Crippen LogP contribution in [0.3, 0.4) is 0 Å². The van der Waals surface area contributed by atoms with Crippen molar-refractivity contribution in [3.63, 3.8) is 0 Å². The SMILES string of the molecule is Fc1ccc2nc(-c3ccoc3)cn2c1. The third kappa shape index (κ3) is 1.30. The van der Waals surface area contributed by atoms with Gasteiger partial charge in [-0.3, -0.25) is 0 Å². The zero-order valence-electron chi connectivity index (χ0n) is 7.72. The first-order chi connectivity index (χ1) is 7.33. The van der Waals surface area contributed by atoms with Crippen LogP contribution >= 0.6 is 0 Å². The Kier molecular flexibility index (Phi) is 1.62. The summed E-state index contributed by atoms with van der Waals surface area (Å²) in [6.45, 7) is 0. The molecule has 0 fully saturated rings. The fourth-order valence-electron chi connectivity index (χ4n) is 1.51. The van der Waals surface area contributed by atoms with Crippen LogP contribution in [-0.2, 0) is 0 Å². The fraction of sp³-hybridized carbons (Fsp3) is 0. The van der Waals surface area contributed by atoms with Crippen LogP contribution in [-0.4, -0.2) is 9.38 Å². The van der Waals surface area contributed by atoms with Gasteiger partial charge < -0.3 is 8.82 Å². The quantitative estimate of drug-likeness (QED) is 0.607. The molecule has 0 aliphatic rings. The Balaban J connectivity index is 2.22. The molecule has 0 aliphatic heterocycles. The first kappa shape index (κ1) is 8.23. The molecule has 0 saturated heterocycles. The van der Waals surface area contributed by atoms with Crippen LogP contribution in [0.2, 0.25) is 0 Å². The molecule has 0 N–H and O–H groups in total. The summed E-state index contributed by atoms with van der Waals surface area (Å²) in [5.41, 5.74) is 2.38. The van der Waals surface area contributed by atoms with E-state index in [0.717, 1.165) is 11.3 Å².